The lowest BCUT2D eigenvalue weighted by molar-refractivity contribution is 0.0653. The molecule has 1 aromatic rings. The second-order valence-electron chi connectivity index (χ2n) is 6.54. The van der Waals surface area contributed by atoms with E-state index >= 15 is 0 Å². The normalized spacial score (nSPS) is 17.6. The summed E-state index contributed by atoms with van der Waals surface area (Å²) in [5.41, 5.74) is 0.874. The predicted octanol–water partition coefficient (Wildman–Crippen LogP) is 3.07. The number of carbonyl (C=O) groups excluding carboxylic acids is 3. The number of nitrogens with zero attached hydrogens (tertiary/aromatic N) is 1. The summed E-state index contributed by atoms with van der Waals surface area (Å²) in [6, 6.07) is 5.19. The maximum Gasteiger partial charge on any atom is 0.315 e. The first-order valence-corrected chi connectivity index (χ1v) is 9.55. The molecule has 3 rings (SSSR count). The molecule has 0 saturated heterocycles. The van der Waals surface area contributed by atoms with Crippen molar-refractivity contribution < 1.29 is 14.4 Å². The molecular formula is C18H22BrN3O3. The number of nitrogens with one attached hydrogen (secondary N) is 2. The van der Waals surface area contributed by atoms with Gasteiger partial charge in [0.05, 0.1) is 11.1 Å². The van der Waals surface area contributed by atoms with Crippen LogP contribution in [0.15, 0.2) is 22.7 Å². The van der Waals surface area contributed by atoms with E-state index in [1.54, 1.807) is 18.2 Å². The van der Waals surface area contributed by atoms with E-state index in [0.717, 1.165) is 17.3 Å². The fourth-order valence-corrected chi connectivity index (χ4v) is 3.75. The monoisotopic (exact) mass is 407 g/mol. The van der Waals surface area contributed by atoms with E-state index in [1.807, 2.05) is 0 Å². The van der Waals surface area contributed by atoms with E-state index in [9.17, 15) is 14.4 Å². The van der Waals surface area contributed by atoms with Gasteiger partial charge in [0.1, 0.15) is 0 Å². The number of amides is 4. The molecule has 2 aliphatic rings. The molecule has 0 unspecified atom stereocenters. The molecule has 1 aliphatic heterocycles. The van der Waals surface area contributed by atoms with Crippen molar-refractivity contribution in [2.45, 2.75) is 44.6 Å². The third kappa shape index (κ3) is 4.21. The number of fused-ring (bicyclic) bond motifs is 1. The van der Waals surface area contributed by atoms with E-state index < -0.39 is 0 Å². The molecule has 0 bridgehead atoms. The molecule has 1 saturated carbocycles. The van der Waals surface area contributed by atoms with Gasteiger partial charge < -0.3 is 10.6 Å². The fourth-order valence-electron chi connectivity index (χ4n) is 3.39. The molecule has 1 fully saturated rings. The number of urea groups is 1. The second-order valence-corrected chi connectivity index (χ2v) is 7.46. The Morgan fingerprint density at radius 1 is 1.12 bits per heavy atom. The molecule has 6 nitrogen and oxygen atoms in total. The SMILES string of the molecule is O=C(NCCCN1C(=O)c2ccc(Br)cc2C1=O)NC1CCCCC1. The number of imide groups is 1. The van der Waals surface area contributed by atoms with Gasteiger partial charge in [0.25, 0.3) is 11.8 Å². The summed E-state index contributed by atoms with van der Waals surface area (Å²) in [7, 11) is 0. The Morgan fingerprint density at radius 3 is 2.60 bits per heavy atom. The molecule has 0 aromatic heterocycles. The Labute approximate surface area is 155 Å². The van der Waals surface area contributed by atoms with Gasteiger partial charge in [-0.3, -0.25) is 14.5 Å². The van der Waals surface area contributed by atoms with E-state index in [4.69, 9.17) is 0 Å². The highest BCUT2D eigenvalue weighted by molar-refractivity contribution is 9.10. The van der Waals surface area contributed by atoms with Gasteiger partial charge >= 0.3 is 6.03 Å². The van der Waals surface area contributed by atoms with Crippen LogP contribution in [-0.2, 0) is 0 Å². The van der Waals surface area contributed by atoms with Crippen LogP contribution >= 0.6 is 15.9 Å². The Kier molecular flexibility index (Phi) is 5.73. The van der Waals surface area contributed by atoms with E-state index in [1.165, 1.54) is 24.2 Å². The summed E-state index contributed by atoms with van der Waals surface area (Å²) in [5.74, 6) is -0.535. The van der Waals surface area contributed by atoms with Crippen LogP contribution in [0.4, 0.5) is 4.79 Å². The van der Waals surface area contributed by atoms with Crippen LogP contribution < -0.4 is 10.6 Å². The van der Waals surface area contributed by atoms with Crippen LogP contribution in [0.25, 0.3) is 0 Å². The van der Waals surface area contributed by atoms with Gasteiger partial charge in [0.15, 0.2) is 0 Å². The van der Waals surface area contributed by atoms with Gasteiger partial charge in [-0.05, 0) is 37.5 Å². The highest BCUT2D eigenvalue weighted by Crippen LogP contribution is 2.26. The number of benzene rings is 1. The quantitative estimate of drug-likeness (QED) is 0.581. The lowest BCUT2D eigenvalue weighted by atomic mass is 9.96. The van der Waals surface area contributed by atoms with Gasteiger partial charge in [-0.2, -0.15) is 0 Å². The molecule has 1 aromatic carbocycles. The number of hydrogen-bond donors (Lipinski definition) is 2. The molecule has 134 valence electrons. The molecule has 0 spiro atoms. The summed E-state index contributed by atoms with van der Waals surface area (Å²) >= 11 is 3.32. The van der Waals surface area contributed by atoms with Crippen molar-refractivity contribution in [3.05, 3.63) is 33.8 Å². The van der Waals surface area contributed by atoms with Crippen LogP contribution in [0, 0.1) is 0 Å². The maximum atomic E-state index is 12.3. The summed E-state index contributed by atoms with van der Waals surface area (Å²) in [6.45, 7) is 0.726. The molecular weight excluding hydrogens is 386 g/mol. The maximum absolute atomic E-state index is 12.3. The highest BCUT2D eigenvalue weighted by atomic mass is 79.9. The van der Waals surface area contributed by atoms with Crippen molar-refractivity contribution in [3.63, 3.8) is 0 Å². The molecule has 1 heterocycles. The van der Waals surface area contributed by atoms with E-state index in [0.29, 0.717) is 30.6 Å². The van der Waals surface area contributed by atoms with Gasteiger partial charge in [-0.25, -0.2) is 4.79 Å². The first-order chi connectivity index (χ1) is 12.1. The summed E-state index contributed by atoms with van der Waals surface area (Å²) in [6.07, 6.45) is 6.19. The number of halogens is 1. The van der Waals surface area contributed by atoms with Crippen LogP contribution in [0.2, 0.25) is 0 Å². The molecule has 1 aliphatic carbocycles. The minimum atomic E-state index is -0.270. The van der Waals surface area contributed by atoms with Crippen molar-refractivity contribution in [1.29, 1.82) is 0 Å². The first-order valence-electron chi connectivity index (χ1n) is 8.76. The van der Waals surface area contributed by atoms with Gasteiger partial charge in [-0.1, -0.05) is 35.2 Å². The summed E-state index contributed by atoms with van der Waals surface area (Å²) < 4.78 is 0.773. The fraction of sp³-hybridized carbons (Fsp3) is 0.500. The summed E-state index contributed by atoms with van der Waals surface area (Å²) in [4.78, 5) is 37.8. The molecule has 0 atom stereocenters. The number of hydrogen-bond acceptors (Lipinski definition) is 3. The Morgan fingerprint density at radius 2 is 1.84 bits per heavy atom. The second kappa shape index (κ2) is 7.99. The first kappa shape index (κ1) is 17.9. The lowest BCUT2D eigenvalue weighted by Gasteiger charge is -2.23. The third-order valence-corrected chi connectivity index (χ3v) is 5.21. The average Bonchev–Trinajstić information content (AvgIpc) is 2.83. The summed E-state index contributed by atoms with van der Waals surface area (Å²) in [5, 5.41) is 5.79. The van der Waals surface area contributed by atoms with Crippen LogP contribution in [-0.4, -0.2) is 41.9 Å². The number of rotatable bonds is 5. The Hall–Kier alpha value is -1.89. The topological polar surface area (TPSA) is 78.5 Å². The predicted molar refractivity (Wildman–Crippen MR) is 97.5 cm³/mol. The number of carbonyl (C=O) groups is 3. The average molecular weight is 408 g/mol. The zero-order chi connectivity index (χ0) is 17.8. The van der Waals surface area contributed by atoms with Crippen molar-refractivity contribution in [1.82, 2.24) is 15.5 Å². The minimum absolute atomic E-state index is 0.168. The zero-order valence-electron chi connectivity index (χ0n) is 14.0. The molecule has 4 amide bonds. The smallest absolute Gasteiger partial charge is 0.315 e. The Balaban J connectivity index is 1.43. The van der Waals surface area contributed by atoms with Gasteiger partial charge in [-0.15, -0.1) is 0 Å². The van der Waals surface area contributed by atoms with Crippen molar-refractivity contribution >= 4 is 33.8 Å². The molecule has 7 heteroatoms. The third-order valence-electron chi connectivity index (χ3n) is 4.72. The van der Waals surface area contributed by atoms with Crippen LogP contribution in [0.5, 0.6) is 0 Å². The van der Waals surface area contributed by atoms with Crippen LogP contribution in [0.3, 0.4) is 0 Å². The van der Waals surface area contributed by atoms with Gasteiger partial charge in [0.2, 0.25) is 0 Å². The van der Waals surface area contributed by atoms with E-state index in [-0.39, 0.29) is 23.9 Å². The van der Waals surface area contributed by atoms with Crippen LogP contribution in [0.1, 0.15) is 59.2 Å². The van der Waals surface area contributed by atoms with Crippen molar-refractivity contribution in [3.8, 4) is 0 Å². The van der Waals surface area contributed by atoms with Gasteiger partial charge in [0, 0.05) is 23.6 Å². The van der Waals surface area contributed by atoms with Crippen molar-refractivity contribution in [2.75, 3.05) is 13.1 Å². The molecule has 2 N–H and O–H groups in total. The molecule has 25 heavy (non-hydrogen) atoms. The lowest BCUT2D eigenvalue weighted by Crippen LogP contribution is -2.43. The zero-order valence-corrected chi connectivity index (χ0v) is 15.6. The molecule has 0 radical (unpaired) electrons. The van der Waals surface area contributed by atoms with Crippen molar-refractivity contribution in [2.24, 2.45) is 0 Å². The minimum Gasteiger partial charge on any atom is -0.338 e. The largest absolute Gasteiger partial charge is 0.338 e. The highest BCUT2D eigenvalue weighted by Gasteiger charge is 2.34. The Bertz CT molecular complexity index is 686. The van der Waals surface area contributed by atoms with E-state index in [2.05, 4.69) is 26.6 Å². The standard InChI is InChI=1S/C18H22BrN3O3/c19-12-7-8-14-15(11-12)17(24)22(16(14)23)10-4-9-20-18(25)21-13-5-2-1-3-6-13/h7-8,11,13H,1-6,9-10H2,(H2,20,21,25).